The van der Waals surface area contributed by atoms with E-state index in [-0.39, 0.29) is 0 Å². The highest BCUT2D eigenvalue weighted by molar-refractivity contribution is 4.87. The third-order valence-electron chi connectivity index (χ3n) is 3.72. The lowest BCUT2D eigenvalue weighted by atomic mass is 9.66. The van der Waals surface area contributed by atoms with E-state index in [2.05, 4.69) is 40.1 Å². The summed E-state index contributed by atoms with van der Waals surface area (Å²) in [5.41, 5.74) is 0.481. The molecule has 0 saturated heterocycles. The molecule has 0 aromatic carbocycles. The summed E-state index contributed by atoms with van der Waals surface area (Å²) in [6, 6.07) is 0.764. The van der Waals surface area contributed by atoms with E-state index in [9.17, 15) is 0 Å². The summed E-state index contributed by atoms with van der Waals surface area (Å²) < 4.78 is 0. The van der Waals surface area contributed by atoms with Crippen LogP contribution in [0.3, 0.4) is 0 Å². The fraction of sp³-hybridized carbons (Fsp3) is 1.00. The Morgan fingerprint density at radius 2 is 1.77 bits per heavy atom. The fourth-order valence-corrected chi connectivity index (χ4v) is 2.79. The fourth-order valence-electron chi connectivity index (χ4n) is 2.79. The van der Waals surface area contributed by atoms with E-state index >= 15 is 0 Å². The van der Waals surface area contributed by atoms with Crippen molar-refractivity contribution in [2.24, 2.45) is 17.3 Å². The average Bonchev–Trinajstić information content (AvgIpc) is 2.03. The van der Waals surface area contributed by atoms with Crippen LogP contribution in [0.5, 0.6) is 0 Å². The van der Waals surface area contributed by atoms with Crippen LogP contribution < -0.4 is 5.32 Å². The summed E-state index contributed by atoms with van der Waals surface area (Å²) in [4.78, 5) is 0. The first-order valence-electron chi connectivity index (χ1n) is 5.62. The van der Waals surface area contributed by atoms with Crippen molar-refractivity contribution in [2.75, 3.05) is 7.05 Å². The molecule has 1 fully saturated rings. The van der Waals surface area contributed by atoms with E-state index in [0.29, 0.717) is 5.41 Å². The Kier molecular flexibility index (Phi) is 3.39. The first kappa shape index (κ1) is 11.0. The third-order valence-corrected chi connectivity index (χ3v) is 3.72. The summed E-state index contributed by atoms with van der Waals surface area (Å²) >= 11 is 0. The Morgan fingerprint density at radius 3 is 2.23 bits per heavy atom. The number of hydrogen-bond acceptors (Lipinski definition) is 1. The van der Waals surface area contributed by atoms with Gasteiger partial charge in [0.05, 0.1) is 0 Å². The molecular formula is C12H25N. The molecular weight excluding hydrogens is 158 g/mol. The van der Waals surface area contributed by atoms with Gasteiger partial charge in [0, 0.05) is 6.04 Å². The van der Waals surface area contributed by atoms with Crippen LogP contribution in [0.1, 0.15) is 47.0 Å². The van der Waals surface area contributed by atoms with Crippen molar-refractivity contribution in [3.05, 3.63) is 0 Å². The lowest BCUT2D eigenvalue weighted by Gasteiger charge is -2.42. The Bertz CT molecular complexity index is 157. The summed E-state index contributed by atoms with van der Waals surface area (Å²) in [7, 11) is 2.10. The first-order valence-corrected chi connectivity index (χ1v) is 5.62. The molecule has 1 heteroatoms. The topological polar surface area (TPSA) is 12.0 Å². The van der Waals surface area contributed by atoms with E-state index in [1.54, 1.807) is 0 Å². The van der Waals surface area contributed by atoms with Crippen molar-refractivity contribution in [1.82, 2.24) is 5.32 Å². The second kappa shape index (κ2) is 4.00. The van der Waals surface area contributed by atoms with Crippen LogP contribution in [0, 0.1) is 17.3 Å². The van der Waals surface area contributed by atoms with Crippen molar-refractivity contribution in [1.29, 1.82) is 0 Å². The van der Waals surface area contributed by atoms with Crippen molar-refractivity contribution >= 4 is 0 Å². The molecule has 0 aromatic rings. The first-order chi connectivity index (χ1) is 5.95. The van der Waals surface area contributed by atoms with E-state index in [1.807, 2.05) is 0 Å². The second-order valence-corrected chi connectivity index (χ2v) is 5.75. The lowest BCUT2D eigenvalue weighted by Crippen LogP contribution is -2.39. The van der Waals surface area contributed by atoms with Gasteiger partial charge in [-0.05, 0) is 43.6 Å². The van der Waals surface area contributed by atoms with Crippen molar-refractivity contribution < 1.29 is 0 Å². The third kappa shape index (κ3) is 2.70. The molecule has 0 heterocycles. The monoisotopic (exact) mass is 183 g/mol. The summed E-state index contributed by atoms with van der Waals surface area (Å²) in [6.45, 7) is 9.56. The molecule has 3 atom stereocenters. The highest BCUT2D eigenvalue weighted by atomic mass is 14.9. The molecule has 1 N–H and O–H groups in total. The zero-order valence-corrected chi connectivity index (χ0v) is 9.85. The van der Waals surface area contributed by atoms with Crippen molar-refractivity contribution in [3.8, 4) is 0 Å². The number of nitrogens with one attached hydrogen (secondary N) is 1. The van der Waals surface area contributed by atoms with Gasteiger partial charge in [-0.1, -0.05) is 27.7 Å². The maximum atomic E-state index is 3.43. The SMILES string of the molecule is CNC1CCC(C)C(C(C)(C)C)C1. The predicted octanol–water partition coefficient (Wildman–Crippen LogP) is 3.06. The maximum absolute atomic E-state index is 3.43. The van der Waals surface area contributed by atoms with Gasteiger partial charge in [0.2, 0.25) is 0 Å². The van der Waals surface area contributed by atoms with Crippen molar-refractivity contribution in [3.63, 3.8) is 0 Å². The van der Waals surface area contributed by atoms with Crippen LogP contribution in [0.15, 0.2) is 0 Å². The predicted molar refractivity (Wildman–Crippen MR) is 58.8 cm³/mol. The smallest absolute Gasteiger partial charge is 0.00671 e. The highest BCUT2D eigenvalue weighted by Crippen LogP contribution is 2.41. The molecule has 0 radical (unpaired) electrons. The van der Waals surface area contributed by atoms with Crippen LogP contribution in [0.4, 0.5) is 0 Å². The normalized spacial score (nSPS) is 36.2. The molecule has 3 unspecified atom stereocenters. The lowest BCUT2D eigenvalue weighted by molar-refractivity contribution is 0.100. The van der Waals surface area contributed by atoms with Gasteiger partial charge in [-0.25, -0.2) is 0 Å². The second-order valence-electron chi connectivity index (χ2n) is 5.75. The molecule has 1 rings (SSSR count). The van der Waals surface area contributed by atoms with Gasteiger partial charge in [-0.15, -0.1) is 0 Å². The number of hydrogen-bond donors (Lipinski definition) is 1. The Balaban J connectivity index is 2.60. The quantitative estimate of drug-likeness (QED) is 0.659. The van der Waals surface area contributed by atoms with Crippen molar-refractivity contribution in [2.45, 2.75) is 53.0 Å². The summed E-state index contributed by atoms with van der Waals surface area (Å²) in [6.07, 6.45) is 4.12. The zero-order chi connectivity index (χ0) is 10.1. The van der Waals surface area contributed by atoms with Crippen LogP contribution in [0.2, 0.25) is 0 Å². The zero-order valence-electron chi connectivity index (χ0n) is 9.85. The van der Waals surface area contributed by atoms with Gasteiger partial charge in [0.15, 0.2) is 0 Å². The minimum atomic E-state index is 0.481. The molecule has 1 nitrogen and oxygen atoms in total. The Morgan fingerprint density at radius 1 is 1.15 bits per heavy atom. The maximum Gasteiger partial charge on any atom is 0.00671 e. The van der Waals surface area contributed by atoms with Gasteiger partial charge in [0.1, 0.15) is 0 Å². The molecule has 0 aromatic heterocycles. The molecule has 1 saturated carbocycles. The van der Waals surface area contributed by atoms with E-state index < -0.39 is 0 Å². The van der Waals surface area contributed by atoms with Gasteiger partial charge in [-0.3, -0.25) is 0 Å². The number of rotatable bonds is 1. The van der Waals surface area contributed by atoms with Gasteiger partial charge in [0.25, 0.3) is 0 Å². The largest absolute Gasteiger partial charge is 0.317 e. The van der Waals surface area contributed by atoms with Crippen LogP contribution in [-0.4, -0.2) is 13.1 Å². The van der Waals surface area contributed by atoms with E-state index in [4.69, 9.17) is 0 Å². The van der Waals surface area contributed by atoms with Crippen LogP contribution >= 0.6 is 0 Å². The Hall–Kier alpha value is -0.0400. The van der Waals surface area contributed by atoms with Crippen LogP contribution in [-0.2, 0) is 0 Å². The van der Waals surface area contributed by atoms with E-state index in [0.717, 1.165) is 17.9 Å². The molecule has 78 valence electrons. The minimum absolute atomic E-state index is 0.481. The molecule has 0 aliphatic heterocycles. The van der Waals surface area contributed by atoms with Gasteiger partial charge in [-0.2, -0.15) is 0 Å². The minimum Gasteiger partial charge on any atom is -0.317 e. The average molecular weight is 183 g/mol. The summed E-state index contributed by atoms with van der Waals surface area (Å²) in [5.74, 6) is 1.79. The molecule has 1 aliphatic carbocycles. The van der Waals surface area contributed by atoms with Crippen LogP contribution in [0.25, 0.3) is 0 Å². The molecule has 0 amide bonds. The van der Waals surface area contributed by atoms with E-state index in [1.165, 1.54) is 19.3 Å². The summed E-state index contributed by atoms with van der Waals surface area (Å²) in [5, 5.41) is 3.43. The highest BCUT2D eigenvalue weighted by Gasteiger charge is 2.34. The molecule has 1 aliphatic rings. The Labute approximate surface area is 83.3 Å². The van der Waals surface area contributed by atoms with Gasteiger partial charge >= 0.3 is 0 Å². The molecule has 13 heavy (non-hydrogen) atoms. The van der Waals surface area contributed by atoms with Gasteiger partial charge < -0.3 is 5.32 Å². The molecule has 0 bridgehead atoms. The standard InChI is InChI=1S/C12H25N/c1-9-6-7-10(13-5)8-11(9)12(2,3)4/h9-11,13H,6-8H2,1-5H3. The molecule has 0 spiro atoms.